The summed E-state index contributed by atoms with van der Waals surface area (Å²) in [6.07, 6.45) is 2.28. The van der Waals surface area contributed by atoms with Crippen molar-refractivity contribution in [3.63, 3.8) is 0 Å². The number of rotatable bonds is 4. The lowest BCUT2D eigenvalue weighted by molar-refractivity contribution is -0.137. The third kappa shape index (κ3) is 4.77. The second-order valence-electron chi connectivity index (χ2n) is 7.68. The summed E-state index contributed by atoms with van der Waals surface area (Å²) < 4.78 is 0. The quantitative estimate of drug-likeness (QED) is 0.873. The molecule has 2 N–H and O–H groups in total. The Morgan fingerprint density at radius 2 is 1.85 bits per heavy atom. The van der Waals surface area contributed by atoms with Crippen LogP contribution in [0.15, 0.2) is 24.3 Å². The molecule has 5 nitrogen and oxygen atoms in total. The van der Waals surface area contributed by atoms with Gasteiger partial charge >= 0.3 is 0 Å². The Hall–Kier alpha value is -1.59. The molecule has 6 heteroatoms. The van der Waals surface area contributed by atoms with E-state index in [2.05, 4.69) is 24.3 Å². The van der Waals surface area contributed by atoms with E-state index in [0.29, 0.717) is 25.4 Å². The van der Waals surface area contributed by atoms with Gasteiger partial charge in [-0.1, -0.05) is 29.8 Å². The van der Waals surface area contributed by atoms with Crippen LogP contribution in [-0.4, -0.2) is 47.3 Å². The lowest BCUT2D eigenvalue weighted by atomic mass is 9.90. The number of carbonyl (C=O) groups excluding carboxylic acids is 2. The topological polar surface area (TPSA) is 66.6 Å². The Kier molecular flexibility index (Phi) is 7.07. The number of amides is 2. The number of nitrogens with two attached hydrogens (primary N) is 1. The maximum Gasteiger partial charge on any atom is 0.227 e. The molecule has 0 bridgehead atoms. The van der Waals surface area contributed by atoms with Crippen molar-refractivity contribution < 1.29 is 9.59 Å². The molecule has 2 aliphatic rings. The van der Waals surface area contributed by atoms with E-state index in [-0.39, 0.29) is 36.2 Å². The van der Waals surface area contributed by atoms with Crippen LogP contribution in [0.1, 0.15) is 37.3 Å². The van der Waals surface area contributed by atoms with Gasteiger partial charge in [0, 0.05) is 38.6 Å². The van der Waals surface area contributed by atoms with Crippen LogP contribution in [0.2, 0.25) is 0 Å². The molecule has 0 aliphatic carbocycles. The van der Waals surface area contributed by atoms with Crippen LogP contribution in [0.4, 0.5) is 0 Å². The van der Waals surface area contributed by atoms with E-state index < -0.39 is 0 Å². The van der Waals surface area contributed by atoms with Crippen LogP contribution in [0.5, 0.6) is 0 Å². The summed E-state index contributed by atoms with van der Waals surface area (Å²) in [5, 5.41) is 0. The van der Waals surface area contributed by atoms with Crippen molar-refractivity contribution >= 4 is 24.2 Å². The molecule has 2 fully saturated rings. The van der Waals surface area contributed by atoms with Gasteiger partial charge in [0.2, 0.25) is 11.8 Å². The molecule has 3 rings (SSSR count). The summed E-state index contributed by atoms with van der Waals surface area (Å²) in [7, 11) is 0. The Bertz CT molecular complexity index is 624. The first-order valence-corrected chi connectivity index (χ1v) is 9.31. The maximum atomic E-state index is 12.8. The molecular weight excluding hydrogens is 350 g/mol. The molecule has 1 aromatic carbocycles. The highest BCUT2D eigenvalue weighted by molar-refractivity contribution is 5.89. The smallest absolute Gasteiger partial charge is 0.227 e. The number of likely N-dealkylation sites (tertiary alicyclic amines) is 2. The number of hydrogen-bond acceptors (Lipinski definition) is 3. The van der Waals surface area contributed by atoms with Crippen LogP contribution in [0.3, 0.4) is 0 Å². The van der Waals surface area contributed by atoms with Crippen molar-refractivity contribution in [3.05, 3.63) is 35.4 Å². The average Bonchev–Trinajstić information content (AvgIpc) is 2.97. The van der Waals surface area contributed by atoms with Gasteiger partial charge in [0.15, 0.2) is 0 Å². The molecule has 2 unspecified atom stereocenters. The minimum atomic E-state index is -0.190. The highest BCUT2D eigenvalue weighted by Crippen LogP contribution is 2.26. The van der Waals surface area contributed by atoms with Gasteiger partial charge in [0.05, 0.1) is 5.92 Å². The highest BCUT2D eigenvalue weighted by atomic mass is 35.5. The SMILES string of the molecule is Cc1ccc(CN2CC(C(=O)N3CCC(C(C)N)CC3)CC2=O)cc1.Cl. The summed E-state index contributed by atoms with van der Waals surface area (Å²) >= 11 is 0. The van der Waals surface area contributed by atoms with E-state index in [1.807, 2.05) is 23.6 Å². The van der Waals surface area contributed by atoms with Gasteiger partial charge in [-0.25, -0.2) is 0 Å². The van der Waals surface area contributed by atoms with E-state index in [9.17, 15) is 9.59 Å². The summed E-state index contributed by atoms with van der Waals surface area (Å²) in [5.41, 5.74) is 8.30. The van der Waals surface area contributed by atoms with E-state index in [1.54, 1.807) is 0 Å². The standard InChI is InChI=1S/C20H29N3O2.ClH/c1-14-3-5-16(6-4-14)12-23-13-18(11-19(23)24)20(25)22-9-7-17(8-10-22)15(2)21;/h3-6,15,17-18H,7-13,21H2,1-2H3;1H. The van der Waals surface area contributed by atoms with Crippen molar-refractivity contribution in [2.45, 2.75) is 45.7 Å². The van der Waals surface area contributed by atoms with Crippen molar-refractivity contribution in [3.8, 4) is 0 Å². The summed E-state index contributed by atoms with van der Waals surface area (Å²) in [4.78, 5) is 28.9. The first-order valence-electron chi connectivity index (χ1n) is 9.31. The van der Waals surface area contributed by atoms with E-state index >= 15 is 0 Å². The first-order chi connectivity index (χ1) is 11.9. The van der Waals surface area contributed by atoms with E-state index in [1.165, 1.54) is 5.56 Å². The van der Waals surface area contributed by atoms with Crippen LogP contribution < -0.4 is 5.73 Å². The van der Waals surface area contributed by atoms with Gasteiger partial charge in [0.25, 0.3) is 0 Å². The van der Waals surface area contributed by atoms with Crippen molar-refractivity contribution in [1.29, 1.82) is 0 Å². The van der Waals surface area contributed by atoms with Gasteiger partial charge in [-0.05, 0) is 38.2 Å². The second-order valence-corrected chi connectivity index (χ2v) is 7.68. The van der Waals surface area contributed by atoms with Crippen LogP contribution in [-0.2, 0) is 16.1 Å². The van der Waals surface area contributed by atoms with Gasteiger partial charge in [-0.15, -0.1) is 12.4 Å². The normalized spacial score (nSPS) is 22.3. The highest BCUT2D eigenvalue weighted by Gasteiger charge is 2.37. The Labute approximate surface area is 162 Å². The predicted octanol–water partition coefficient (Wildman–Crippen LogP) is 2.35. The lowest BCUT2D eigenvalue weighted by Gasteiger charge is -2.35. The molecule has 2 amide bonds. The van der Waals surface area contributed by atoms with Crippen LogP contribution in [0.25, 0.3) is 0 Å². The molecule has 0 aromatic heterocycles. The van der Waals surface area contributed by atoms with Crippen molar-refractivity contribution in [1.82, 2.24) is 9.80 Å². The van der Waals surface area contributed by atoms with Gasteiger partial charge in [-0.3, -0.25) is 9.59 Å². The molecule has 2 heterocycles. The van der Waals surface area contributed by atoms with Gasteiger partial charge in [0.1, 0.15) is 0 Å². The number of aryl methyl sites for hydroxylation is 1. The molecule has 2 saturated heterocycles. The molecule has 144 valence electrons. The summed E-state index contributed by atoms with van der Waals surface area (Å²) in [5.74, 6) is 0.546. The maximum absolute atomic E-state index is 12.8. The minimum Gasteiger partial charge on any atom is -0.342 e. The molecule has 0 radical (unpaired) electrons. The van der Waals surface area contributed by atoms with Gasteiger partial charge in [-0.2, -0.15) is 0 Å². The third-order valence-corrected chi connectivity index (χ3v) is 5.65. The summed E-state index contributed by atoms with van der Waals surface area (Å²) in [6, 6.07) is 8.41. The predicted molar refractivity (Wildman–Crippen MR) is 105 cm³/mol. The zero-order valence-electron chi connectivity index (χ0n) is 15.7. The van der Waals surface area contributed by atoms with Crippen LogP contribution >= 0.6 is 12.4 Å². The molecule has 26 heavy (non-hydrogen) atoms. The van der Waals surface area contributed by atoms with Crippen molar-refractivity contribution in [2.75, 3.05) is 19.6 Å². The fourth-order valence-electron chi connectivity index (χ4n) is 3.91. The largest absolute Gasteiger partial charge is 0.342 e. The van der Waals surface area contributed by atoms with E-state index in [0.717, 1.165) is 31.5 Å². The summed E-state index contributed by atoms with van der Waals surface area (Å²) in [6.45, 7) is 6.77. The van der Waals surface area contributed by atoms with Crippen LogP contribution in [0, 0.1) is 18.8 Å². The Morgan fingerprint density at radius 1 is 1.23 bits per heavy atom. The number of carbonyl (C=O) groups is 2. The van der Waals surface area contributed by atoms with E-state index in [4.69, 9.17) is 5.73 Å². The monoisotopic (exact) mass is 379 g/mol. The number of hydrogen-bond donors (Lipinski definition) is 1. The number of nitrogens with zero attached hydrogens (tertiary/aromatic N) is 2. The van der Waals surface area contributed by atoms with Gasteiger partial charge < -0.3 is 15.5 Å². The number of piperidine rings is 1. The first kappa shape index (κ1) is 20.7. The molecule has 2 atom stereocenters. The second kappa shape index (κ2) is 8.87. The fraction of sp³-hybridized carbons (Fsp3) is 0.600. The number of halogens is 1. The molecule has 2 aliphatic heterocycles. The molecule has 1 aromatic rings. The molecule has 0 saturated carbocycles. The molecular formula is C20H30ClN3O2. The minimum absolute atomic E-state index is 0. The Balaban J connectivity index is 0.00000243. The third-order valence-electron chi connectivity index (χ3n) is 5.65. The average molecular weight is 380 g/mol. The zero-order chi connectivity index (χ0) is 18.0. The zero-order valence-corrected chi connectivity index (χ0v) is 16.5. The molecule has 0 spiro atoms. The lowest BCUT2D eigenvalue weighted by Crippen LogP contribution is -2.45. The Morgan fingerprint density at radius 3 is 2.42 bits per heavy atom. The fourth-order valence-corrected chi connectivity index (χ4v) is 3.91. The number of benzene rings is 1. The van der Waals surface area contributed by atoms with Crippen molar-refractivity contribution in [2.24, 2.45) is 17.6 Å².